The first kappa shape index (κ1) is 44.5. The average Bonchev–Trinajstić information content (AvgIpc) is 3.96. The minimum absolute atomic E-state index is 0.487. The van der Waals surface area contributed by atoms with E-state index in [-0.39, 0.29) is 0 Å². The van der Waals surface area contributed by atoms with Crippen LogP contribution in [0.1, 0.15) is 80.9 Å². The summed E-state index contributed by atoms with van der Waals surface area (Å²) < 4.78 is 0.974. The van der Waals surface area contributed by atoms with Crippen molar-refractivity contribution in [3.05, 3.63) is 228 Å². The first-order chi connectivity index (χ1) is 35.6. The Morgan fingerprint density at radius 3 is 0.972 bits per heavy atom. The van der Waals surface area contributed by atoms with E-state index in [1.807, 2.05) is 0 Å². The molecule has 4 aliphatic rings. The van der Waals surface area contributed by atoms with Gasteiger partial charge in [-0.3, -0.25) is 0 Å². The fourth-order valence-electron chi connectivity index (χ4n) is 13.9. The third-order valence-corrected chi connectivity index (χ3v) is 39.3. The van der Waals surface area contributed by atoms with Gasteiger partial charge in [-0.15, -0.1) is 0 Å². The summed E-state index contributed by atoms with van der Waals surface area (Å²) in [5.74, 6) is 0.222. The minimum atomic E-state index is -2.80. The molecule has 4 aliphatic carbocycles. The van der Waals surface area contributed by atoms with Crippen LogP contribution in [0.15, 0.2) is 205 Å². The molecule has 0 N–H and O–H groups in total. The number of allylic oxidation sites excluding steroid dienone is 2. The van der Waals surface area contributed by atoms with Crippen molar-refractivity contribution >= 4 is 61.2 Å². The molecular weight excluding hydrogens is 960 g/mol. The van der Waals surface area contributed by atoms with Gasteiger partial charge in [0.1, 0.15) is 0 Å². The zero-order chi connectivity index (χ0) is 47.9. The first-order valence-electron chi connectivity index (χ1n) is 27.1. The average molecular weight is 1020 g/mol. The molecule has 2 unspecified atom stereocenters. The summed E-state index contributed by atoms with van der Waals surface area (Å²) in [5, 5.41) is 10.7. The molecule has 72 heavy (non-hydrogen) atoms. The fraction of sp³-hybridized carbons (Fsp3) is 0.200. The Balaban J connectivity index is 1.07. The van der Waals surface area contributed by atoms with Gasteiger partial charge in [-0.2, -0.15) is 0 Å². The zero-order valence-electron chi connectivity index (χ0n) is 41.7. The van der Waals surface area contributed by atoms with Crippen molar-refractivity contribution in [2.45, 2.75) is 71.7 Å². The summed E-state index contributed by atoms with van der Waals surface area (Å²) in [4.78, 5) is 0. The van der Waals surface area contributed by atoms with Crippen LogP contribution in [0.2, 0.25) is 13.1 Å². The third-order valence-electron chi connectivity index (χ3n) is 17.7. The second-order valence-electron chi connectivity index (χ2n) is 22.0. The summed E-state index contributed by atoms with van der Waals surface area (Å²) in [6.45, 7) is 5.62. The van der Waals surface area contributed by atoms with E-state index < -0.39 is 26.8 Å². The quantitative estimate of drug-likeness (QED) is 0.113. The Bertz CT molecular complexity index is 3570. The summed E-state index contributed by atoms with van der Waals surface area (Å²) in [6, 6.07) is 75.0. The van der Waals surface area contributed by atoms with E-state index in [0.717, 1.165) is 11.8 Å². The molecule has 0 nitrogen and oxygen atoms in total. The van der Waals surface area contributed by atoms with E-state index in [9.17, 15) is 0 Å². The monoisotopic (exact) mass is 1020 g/mol. The predicted octanol–water partition coefficient (Wildman–Crippen LogP) is 19.5. The first-order valence-corrected chi connectivity index (χ1v) is 37.1. The number of rotatable bonds is 11. The van der Waals surface area contributed by atoms with Crippen LogP contribution in [-0.4, -0.2) is 5.92 Å². The van der Waals surface area contributed by atoms with Gasteiger partial charge >= 0.3 is 438 Å². The summed E-state index contributed by atoms with van der Waals surface area (Å²) in [5.41, 5.74) is 21.3. The van der Waals surface area contributed by atoms with Gasteiger partial charge in [-0.25, -0.2) is 0 Å². The fourth-order valence-corrected chi connectivity index (χ4v) is 36.7. The summed E-state index contributed by atoms with van der Waals surface area (Å²) >= 11 is -2.80. The van der Waals surface area contributed by atoms with Gasteiger partial charge in [0, 0.05) is 0 Å². The Morgan fingerprint density at radius 2 is 0.653 bits per heavy atom. The van der Waals surface area contributed by atoms with E-state index in [4.69, 9.17) is 0 Å². The summed E-state index contributed by atoms with van der Waals surface area (Å²) in [6.07, 6.45) is 16.3. The Labute approximate surface area is 434 Å². The molecule has 0 amide bonds. The third kappa shape index (κ3) is 7.45. The van der Waals surface area contributed by atoms with Crippen molar-refractivity contribution in [3.63, 3.8) is 0 Å². The van der Waals surface area contributed by atoms with Gasteiger partial charge in [0.25, 0.3) is 0 Å². The second kappa shape index (κ2) is 18.4. The number of benzene rings is 10. The zero-order valence-corrected chi connectivity index (χ0v) is 45.3. The van der Waals surface area contributed by atoms with Crippen LogP contribution in [0.5, 0.6) is 0 Å². The molecule has 349 valence electrons. The van der Waals surface area contributed by atoms with Crippen LogP contribution in [-0.2, 0) is 20.9 Å². The molecule has 2 saturated carbocycles. The molecule has 0 aromatic heterocycles. The van der Waals surface area contributed by atoms with Gasteiger partial charge in [0.15, 0.2) is 0 Å². The second-order valence-corrected chi connectivity index (χ2v) is 42.1. The van der Waals surface area contributed by atoms with Crippen LogP contribution < -0.4 is 0 Å². The van der Waals surface area contributed by atoms with E-state index in [2.05, 4.69) is 219 Å². The van der Waals surface area contributed by atoms with Crippen LogP contribution in [0.4, 0.5) is 0 Å². The number of fused-ring (bicyclic) bond motifs is 6. The molecule has 10 aromatic carbocycles. The molecule has 0 heterocycles. The number of hydrogen-bond acceptors (Lipinski definition) is 0. The molecule has 0 radical (unpaired) electrons. The molecule has 2 fully saturated rings. The van der Waals surface area contributed by atoms with Gasteiger partial charge in [0.2, 0.25) is 0 Å². The Kier molecular flexibility index (Phi) is 11.4. The molecule has 2 heteroatoms. The van der Waals surface area contributed by atoms with Crippen LogP contribution in [0.25, 0.3) is 99.7 Å². The SMILES string of the molecule is C[SiH](C)[Zr]([CH]1C(CC2CCC2)=Cc2c(-c3cccc4ccccc34)ccc(-c3cccc4ccccc34)c21)[CH]1C(CC2CCC2)=Cc2c(-c3cccc4ccccc34)ccc(-c3cccc4ccccc34)c21. The summed E-state index contributed by atoms with van der Waals surface area (Å²) in [7, 11) is 0. The van der Waals surface area contributed by atoms with Crippen LogP contribution in [0, 0.1) is 11.8 Å². The van der Waals surface area contributed by atoms with Crippen LogP contribution in [0.3, 0.4) is 0 Å². The molecular formula is C70H61SiZr. The van der Waals surface area contributed by atoms with Gasteiger partial charge in [-0.1, -0.05) is 0 Å². The molecule has 0 aliphatic heterocycles. The van der Waals surface area contributed by atoms with E-state index in [1.165, 1.54) is 150 Å². The molecule has 10 aromatic rings. The van der Waals surface area contributed by atoms with Gasteiger partial charge in [-0.05, 0) is 0 Å². The topological polar surface area (TPSA) is 0 Å². The molecule has 0 bridgehead atoms. The van der Waals surface area contributed by atoms with Gasteiger partial charge in [0.05, 0.1) is 0 Å². The van der Waals surface area contributed by atoms with E-state index >= 15 is 0 Å². The standard InChI is InChI=1S/2C34H27.C2H7Si.Zr/c2*1-3-14-27-25(10-1)12-6-16-29(27)31-18-19-32(30-17-7-13-26-11-2-4-15-28(26)30)34-22-24(21-33(31)34)20-23-8-5-9-23;1-3-2;/h2*1-4,6-7,10-19,21-23H,5,8-9,20H2;3H,1-2H3;. The normalized spacial score (nSPS) is 17.5. The van der Waals surface area contributed by atoms with Crippen LogP contribution >= 0.6 is 0 Å². The van der Waals surface area contributed by atoms with E-state index in [1.54, 1.807) is 22.3 Å². The van der Waals surface area contributed by atoms with Gasteiger partial charge < -0.3 is 0 Å². The van der Waals surface area contributed by atoms with Crippen molar-refractivity contribution in [2.75, 3.05) is 0 Å². The predicted molar refractivity (Wildman–Crippen MR) is 309 cm³/mol. The molecule has 14 rings (SSSR count). The Morgan fingerprint density at radius 1 is 0.347 bits per heavy atom. The molecule has 0 saturated heterocycles. The molecule has 2 atom stereocenters. The number of hydrogen-bond donors (Lipinski definition) is 0. The maximum absolute atomic E-state index is 2.82. The van der Waals surface area contributed by atoms with Crippen molar-refractivity contribution in [1.29, 1.82) is 0 Å². The maximum atomic E-state index is 2.82. The van der Waals surface area contributed by atoms with E-state index in [0.29, 0.717) is 7.25 Å². The molecule has 0 spiro atoms. The van der Waals surface area contributed by atoms with Crippen molar-refractivity contribution < 1.29 is 20.9 Å². The Hall–Kier alpha value is -6.18. The van der Waals surface area contributed by atoms with Crippen molar-refractivity contribution in [2.24, 2.45) is 11.8 Å². The van der Waals surface area contributed by atoms with Crippen molar-refractivity contribution in [1.82, 2.24) is 0 Å². The van der Waals surface area contributed by atoms with Crippen molar-refractivity contribution in [3.8, 4) is 44.5 Å².